The van der Waals surface area contributed by atoms with E-state index in [0.717, 1.165) is 48.4 Å². The summed E-state index contributed by atoms with van der Waals surface area (Å²) in [6, 6.07) is 14.2. The number of carbonyl (C=O) groups is 1. The molecule has 0 radical (unpaired) electrons. The summed E-state index contributed by atoms with van der Waals surface area (Å²) in [4.78, 5) is 24.3. The average Bonchev–Trinajstić information content (AvgIpc) is 3.69. The highest BCUT2D eigenvalue weighted by atomic mass is 32.1. The number of para-hydroxylation sites is 1. The van der Waals surface area contributed by atoms with E-state index in [0.29, 0.717) is 5.13 Å². The lowest BCUT2D eigenvalue weighted by molar-refractivity contribution is 0.102. The van der Waals surface area contributed by atoms with Crippen LogP contribution in [-0.4, -0.2) is 38.3 Å². The van der Waals surface area contributed by atoms with Crippen molar-refractivity contribution >= 4 is 45.1 Å². The molecule has 5 aromatic rings. The summed E-state index contributed by atoms with van der Waals surface area (Å²) in [6.45, 7) is 3.02. The van der Waals surface area contributed by atoms with Crippen molar-refractivity contribution in [2.24, 2.45) is 0 Å². The molecule has 4 N–H and O–H groups in total. The van der Waals surface area contributed by atoms with Crippen LogP contribution in [0.5, 0.6) is 0 Å². The van der Waals surface area contributed by atoms with Crippen LogP contribution in [0.2, 0.25) is 0 Å². The van der Waals surface area contributed by atoms with E-state index in [1.165, 1.54) is 54.5 Å². The number of nitrogens with one attached hydrogen (secondary N) is 2. The van der Waals surface area contributed by atoms with E-state index in [1.54, 1.807) is 6.20 Å². The maximum Gasteiger partial charge on any atom is 0.255 e. The molecule has 0 atom stereocenters. The van der Waals surface area contributed by atoms with Gasteiger partial charge < -0.3 is 16.4 Å². The molecule has 8 nitrogen and oxygen atoms in total. The average molecular weight is 546 g/mol. The van der Waals surface area contributed by atoms with Crippen LogP contribution in [0.4, 0.5) is 31.0 Å². The molecule has 0 bridgehead atoms. The second-order valence-corrected chi connectivity index (χ2v) is 10.2. The number of fused-ring (bicyclic) bond motifs is 1. The van der Waals surface area contributed by atoms with Gasteiger partial charge in [0.05, 0.1) is 23.3 Å². The number of imidazole rings is 1. The van der Waals surface area contributed by atoms with Crippen LogP contribution in [0, 0.1) is 11.6 Å². The molecule has 6 rings (SSSR count). The minimum absolute atomic E-state index is 0.0248. The largest absolute Gasteiger partial charge is 0.397 e. The highest BCUT2D eigenvalue weighted by Crippen LogP contribution is 2.30. The summed E-state index contributed by atoms with van der Waals surface area (Å²) in [6.07, 6.45) is 4.24. The summed E-state index contributed by atoms with van der Waals surface area (Å²) >= 11 is 1.34. The SMILES string of the molecule is Nc1cccc(F)c1NC(=O)c1ccc(Nc2nc(-c3cnc4cccc(CN5CCCC5)n34)cs2)c(F)c1. The Bertz CT molecular complexity index is 1660. The van der Waals surface area contributed by atoms with Crippen molar-refractivity contribution in [3.63, 3.8) is 0 Å². The molecule has 0 aliphatic carbocycles. The van der Waals surface area contributed by atoms with Crippen LogP contribution in [-0.2, 0) is 6.54 Å². The van der Waals surface area contributed by atoms with E-state index in [1.807, 2.05) is 17.5 Å². The first kappa shape index (κ1) is 25.0. The lowest BCUT2D eigenvalue weighted by atomic mass is 10.1. The number of nitrogen functional groups attached to an aromatic ring is 1. The number of rotatable bonds is 7. The van der Waals surface area contributed by atoms with E-state index in [9.17, 15) is 13.6 Å². The van der Waals surface area contributed by atoms with Crippen molar-refractivity contribution in [2.75, 3.05) is 29.5 Å². The standard InChI is InChI=1S/C28H25F2N7OS/c29-19-6-4-7-21(31)26(19)35-27(38)17-9-10-22(20(30)13-17)33-28-34-23(16-39-28)24-14-32-25-8-3-5-18(37(24)25)15-36-11-1-2-12-36/h3-10,13-14,16H,1-2,11-12,15,31H2,(H,33,34)(H,35,38). The molecule has 4 heterocycles. The van der Waals surface area contributed by atoms with Gasteiger partial charge in [0.2, 0.25) is 0 Å². The third kappa shape index (κ3) is 5.06. The molecule has 1 aliphatic heterocycles. The van der Waals surface area contributed by atoms with Crippen LogP contribution in [0.1, 0.15) is 28.9 Å². The fourth-order valence-corrected chi connectivity index (χ4v) is 5.48. The number of likely N-dealkylation sites (tertiary alicyclic amines) is 1. The van der Waals surface area contributed by atoms with Gasteiger partial charge in [0, 0.05) is 23.2 Å². The second kappa shape index (κ2) is 10.4. The zero-order chi connectivity index (χ0) is 26.9. The van der Waals surface area contributed by atoms with Gasteiger partial charge >= 0.3 is 0 Å². The minimum Gasteiger partial charge on any atom is -0.397 e. The Hall–Kier alpha value is -4.35. The zero-order valence-electron chi connectivity index (χ0n) is 20.8. The molecule has 1 aliphatic rings. The Kier molecular flexibility index (Phi) is 6.67. The molecule has 1 saturated heterocycles. The number of hydrogen-bond donors (Lipinski definition) is 3. The fraction of sp³-hybridized carbons (Fsp3) is 0.179. The van der Waals surface area contributed by atoms with Crippen molar-refractivity contribution < 1.29 is 13.6 Å². The molecule has 3 aromatic heterocycles. The maximum absolute atomic E-state index is 14.9. The first-order chi connectivity index (χ1) is 19.0. The molecule has 0 saturated carbocycles. The molecule has 1 fully saturated rings. The van der Waals surface area contributed by atoms with Crippen molar-refractivity contribution in [1.29, 1.82) is 0 Å². The van der Waals surface area contributed by atoms with Crippen molar-refractivity contribution in [3.8, 4) is 11.4 Å². The molecule has 2 aromatic carbocycles. The molecule has 0 unspecified atom stereocenters. The van der Waals surface area contributed by atoms with Crippen molar-refractivity contribution in [2.45, 2.75) is 19.4 Å². The normalized spacial score (nSPS) is 13.7. The Balaban J connectivity index is 1.20. The Labute approximate surface area is 227 Å². The van der Waals surface area contributed by atoms with E-state index >= 15 is 0 Å². The first-order valence-electron chi connectivity index (χ1n) is 12.5. The number of nitrogens with zero attached hydrogens (tertiary/aromatic N) is 4. The van der Waals surface area contributed by atoms with Gasteiger partial charge in [-0.3, -0.25) is 14.1 Å². The molecular weight excluding hydrogens is 520 g/mol. The van der Waals surface area contributed by atoms with E-state index in [2.05, 4.69) is 36.0 Å². The Morgan fingerprint density at radius 2 is 1.87 bits per heavy atom. The number of halogens is 2. The highest BCUT2D eigenvalue weighted by Gasteiger charge is 2.18. The summed E-state index contributed by atoms with van der Waals surface area (Å²) in [5.74, 6) is -1.99. The van der Waals surface area contributed by atoms with Gasteiger partial charge in [0.1, 0.15) is 28.7 Å². The monoisotopic (exact) mass is 545 g/mol. The molecule has 39 heavy (non-hydrogen) atoms. The maximum atomic E-state index is 14.9. The number of amides is 1. The lowest BCUT2D eigenvalue weighted by Gasteiger charge is -2.16. The van der Waals surface area contributed by atoms with Crippen molar-refractivity contribution in [3.05, 3.63) is 89.1 Å². The number of thiazole rings is 1. The van der Waals surface area contributed by atoms with Crippen LogP contribution in [0.3, 0.4) is 0 Å². The highest BCUT2D eigenvalue weighted by molar-refractivity contribution is 7.14. The van der Waals surface area contributed by atoms with E-state index in [4.69, 9.17) is 5.73 Å². The fourth-order valence-electron chi connectivity index (χ4n) is 4.76. The van der Waals surface area contributed by atoms with Gasteiger partial charge in [-0.1, -0.05) is 12.1 Å². The Morgan fingerprint density at radius 1 is 1.05 bits per heavy atom. The minimum atomic E-state index is -0.675. The number of carbonyl (C=O) groups excluding carboxylic acids is 1. The number of anilines is 4. The molecule has 1 amide bonds. The predicted molar refractivity (Wildman–Crippen MR) is 149 cm³/mol. The van der Waals surface area contributed by atoms with E-state index < -0.39 is 17.5 Å². The van der Waals surface area contributed by atoms with Gasteiger partial charge in [0.15, 0.2) is 5.13 Å². The topological polar surface area (TPSA) is 101 Å². The summed E-state index contributed by atoms with van der Waals surface area (Å²) in [5.41, 5.74) is 9.45. The number of aromatic nitrogens is 3. The first-order valence-corrected chi connectivity index (χ1v) is 13.4. The number of benzene rings is 2. The smallest absolute Gasteiger partial charge is 0.255 e. The van der Waals surface area contributed by atoms with Gasteiger partial charge in [0.25, 0.3) is 5.91 Å². The molecular formula is C28H25F2N7OS. The van der Waals surface area contributed by atoms with Gasteiger partial charge in [-0.05, 0) is 68.4 Å². The van der Waals surface area contributed by atoms with Gasteiger partial charge in [-0.2, -0.15) is 0 Å². The van der Waals surface area contributed by atoms with E-state index in [-0.39, 0.29) is 22.6 Å². The van der Waals surface area contributed by atoms with Crippen LogP contribution >= 0.6 is 11.3 Å². The van der Waals surface area contributed by atoms with Crippen LogP contribution in [0.25, 0.3) is 17.0 Å². The second-order valence-electron chi connectivity index (χ2n) is 9.35. The summed E-state index contributed by atoms with van der Waals surface area (Å²) < 4.78 is 31.1. The molecule has 0 spiro atoms. The Morgan fingerprint density at radius 3 is 2.67 bits per heavy atom. The lowest BCUT2D eigenvalue weighted by Crippen LogP contribution is -2.20. The number of pyridine rings is 1. The predicted octanol–water partition coefficient (Wildman–Crippen LogP) is 5.91. The van der Waals surface area contributed by atoms with Crippen LogP contribution < -0.4 is 16.4 Å². The zero-order valence-corrected chi connectivity index (χ0v) is 21.6. The number of hydrogen-bond acceptors (Lipinski definition) is 7. The third-order valence-corrected chi connectivity index (χ3v) is 7.48. The van der Waals surface area contributed by atoms with Crippen molar-refractivity contribution in [1.82, 2.24) is 19.3 Å². The summed E-state index contributed by atoms with van der Waals surface area (Å²) in [7, 11) is 0. The quantitative estimate of drug-likeness (QED) is 0.220. The van der Waals surface area contributed by atoms with Crippen LogP contribution in [0.15, 0.2) is 66.2 Å². The molecule has 198 valence electrons. The summed E-state index contributed by atoms with van der Waals surface area (Å²) in [5, 5.41) is 7.79. The molecule has 11 heteroatoms. The van der Waals surface area contributed by atoms with Gasteiger partial charge in [-0.25, -0.2) is 18.7 Å². The third-order valence-electron chi connectivity index (χ3n) is 6.72. The number of nitrogens with two attached hydrogens (primary N) is 1. The van der Waals surface area contributed by atoms with Gasteiger partial charge in [-0.15, -0.1) is 11.3 Å².